The molecule has 1 heterocycles. The van der Waals surface area contributed by atoms with Crippen molar-refractivity contribution in [1.29, 1.82) is 0 Å². The largest absolute Gasteiger partial charge is 0.497 e. The molecule has 5 heteroatoms. The first-order valence-corrected chi connectivity index (χ1v) is 7.31. The van der Waals surface area contributed by atoms with Crippen LogP contribution in [0.3, 0.4) is 0 Å². The maximum atomic E-state index is 14.1. The summed E-state index contributed by atoms with van der Waals surface area (Å²) in [5, 5.41) is 0. The Morgan fingerprint density at radius 3 is 2.55 bits per heavy atom. The van der Waals surface area contributed by atoms with Crippen LogP contribution in [0.2, 0.25) is 0 Å². The minimum atomic E-state index is -0.511. The molecule has 0 atom stereocenters. The molecule has 1 aromatic rings. The average molecular weight is 307 g/mol. The summed E-state index contributed by atoms with van der Waals surface area (Å²) in [6, 6.07) is 4.82. The van der Waals surface area contributed by atoms with E-state index in [0.717, 1.165) is 5.57 Å². The number of halogens is 1. The Morgan fingerprint density at radius 1 is 1.32 bits per heavy atom. The van der Waals surface area contributed by atoms with Crippen LogP contribution < -0.4 is 4.74 Å². The summed E-state index contributed by atoms with van der Waals surface area (Å²) < 4.78 is 24.4. The normalized spacial score (nSPS) is 15.3. The van der Waals surface area contributed by atoms with Gasteiger partial charge in [0.05, 0.1) is 7.11 Å². The zero-order chi connectivity index (χ0) is 16.3. The number of benzene rings is 1. The quantitative estimate of drug-likeness (QED) is 0.833. The second-order valence-electron chi connectivity index (χ2n) is 6.25. The maximum absolute atomic E-state index is 14.1. The zero-order valence-corrected chi connectivity index (χ0v) is 13.5. The van der Waals surface area contributed by atoms with Crippen LogP contribution >= 0.6 is 0 Å². The minimum Gasteiger partial charge on any atom is -0.497 e. The van der Waals surface area contributed by atoms with Gasteiger partial charge in [-0.25, -0.2) is 9.18 Å². The maximum Gasteiger partial charge on any atom is 0.410 e. The lowest BCUT2D eigenvalue weighted by Crippen LogP contribution is -2.39. The summed E-state index contributed by atoms with van der Waals surface area (Å²) in [6.07, 6.45) is 2.14. The number of carbonyl (C=O) groups is 1. The van der Waals surface area contributed by atoms with Gasteiger partial charge in [0.1, 0.15) is 17.2 Å². The van der Waals surface area contributed by atoms with Crippen LogP contribution in [0.25, 0.3) is 5.57 Å². The molecule has 0 bridgehead atoms. The van der Waals surface area contributed by atoms with Gasteiger partial charge < -0.3 is 14.4 Å². The average Bonchev–Trinajstić information content (AvgIpc) is 2.45. The number of rotatable bonds is 2. The predicted octanol–water partition coefficient (Wildman–Crippen LogP) is 3.86. The molecule has 0 saturated carbocycles. The molecule has 0 fully saturated rings. The number of methoxy groups -OCH3 is 1. The summed E-state index contributed by atoms with van der Waals surface area (Å²) >= 11 is 0. The van der Waals surface area contributed by atoms with E-state index in [1.165, 1.54) is 13.2 Å². The molecular weight excluding hydrogens is 285 g/mol. The van der Waals surface area contributed by atoms with E-state index in [2.05, 4.69) is 0 Å². The first kappa shape index (κ1) is 16.3. The second kappa shape index (κ2) is 6.38. The molecular formula is C17H22FNO3. The van der Waals surface area contributed by atoms with Crippen LogP contribution in [0.15, 0.2) is 24.3 Å². The van der Waals surface area contributed by atoms with E-state index in [9.17, 15) is 9.18 Å². The molecule has 0 unspecified atom stereocenters. The van der Waals surface area contributed by atoms with Gasteiger partial charge in [-0.05, 0) is 44.9 Å². The Kier molecular flexibility index (Phi) is 4.74. The van der Waals surface area contributed by atoms with E-state index in [1.807, 2.05) is 26.8 Å². The molecule has 0 saturated heterocycles. The molecule has 22 heavy (non-hydrogen) atoms. The van der Waals surface area contributed by atoms with Crippen molar-refractivity contribution < 1.29 is 18.7 Å². The molecule has 0 radical (unpaired) electrons. The van der Waals surface area contributed by atoms with Crippen molar-refractivity contribution in [3.63, 3.8) is 0 Å². The third-order valence-corrected chi connectivity index (χ3v) is 3.38. The van der Waals surface area contributed by atoms with Gasteiger partial charge in [0.25, 0.3) is 0 Å². The standard InChI is InChI=1S/C17H22FNO3/c1-17(2,3)22-16(20)19-9-7-12(8-10-19)14-6-5-13(21-4)11-15(14)18/h5-7,11H,8-10H2,1-4H3. The number of carbonyl (C=O) groups excluding carboxylic acids is 1. The van der Waals surface area contributed by atoms with Gasteiger partial charge in [-0.3, -0.25) is 0 Å². The van der Waals surface area contributed by atoms with Crippen LogP contribution in [-0.4, -0.2) is 36.8 Å². The molecule has 1 aliphatic heterocycles. The smallest absolute Gasteiger partial charge is 0.410 e. The molecule has 1 aromatic carbocycles. The van der Waals surface area contributed by atoms with Crippen LogP contribution in [0.5, 0.6) is 5.75 Å². The van der Waals surface area contributed by atoms with Crippen molar-refractivity contribution in [3.05, 3.63) is 35.7 Å². The lowest BCUT2D eigenvalue weighted by atomic mass is 9.99. The molecule has 2 rings (SSSR count). The highest BCUT2D eigenvalue weighted by molar-refractivity contribution is 5.73. The van der Waals surface area contributed by atoms with Crippen molar-refractivity contribution in [2.45, 2.75) is 32.8 Å². The van der Waals surface area contributed by atoms with Crippen LogP contribution in [0.1, 0.15) is 32.8 Å². The Balaban J connectivity index is 2.07. The Labute approximate surface area is 130 Å². The molecule has 0 aromatic heterocycles. The SMILES string of the molecule is COc1ccc(C2=CCN(C(=O)OC(C)(C)C)CC2)c(F)c1. The first-order chi connectivity index (χ1) is 10.3. The van der Waals surface area contributed by atoms with Gasteiger partial charge in [0.2, 0.25) is 0 Å². The zero-order valence-electron chi connectivity index (χ0n) is 13.5. The van der Waals surface area contributed by atoms with E-state index < -0.39 is 5.60 Å². The molecule has 120 valence electrons. The van der Waals surface area contributed by atoms with Gasteiger partial charge in [-0.15, -0.1) is 0 Å². The molecule has 1 amide bonds. The molecule has 0 spiro atoms. The molecule has 4 nitrogen and oxygen atoms in total. The van der Waals surface area contributed by atoms with Crippen molar-refractivity contribution in [3.8, 4) is 5.75 Å². The number of hydrogen-bond donors (Lipinski definition) is 0. The third kappa shape index (κ3) is 4.00. The van der Waals surface area contributed by atoms with Crippen LogP contribution in [-0.2, 0) is 4.74 Å². The van der Waals surface area contributed by atoms with E-state index in [-0.39, 0.29) is 11.9 Å². The first-order valence-electron chi connectivity index (χ1n) is 7.31. The summed E-state index contributed by atoms with van der Waals surface area (Å²) in [5.74, 6) is 0.185. The lowest BCUT2D eigenvalue weighted by Gasteiger charge is -2.29. The summed E-state index contributed by atoms with van der Waals surface area (Å²) in [6.45, 7) is 6.45. The highest BCUT2D eigenvalue weighted by atomic mass is 19.1. The summed E-state index contributed by atoms with van der Waals surface area (Å²) in [7, 11) is 1.51. The van der Waals surface area contributed by atoms with Crippen molar-refractivity contribution in [1.82, 2.24) is 4.90 Å². The summed E-state index contributed by atoms with van der Waals surface area (Å²) in [4.78, 5) is 13.6. The third-order valence-electron chi connectivity index (χ3n) is 3.38. The topological polar surface area (TPSA) is 38.8 Å². The van der Waals surface area contributed by atoms with Gasteiger partial charge in [0, 0.05) is 24.7 Å². The number of hydrogen-bond acceptors (Lipinski definition) is 3. The van der Waals surface area contributed by atoms with Crippen molar-refractivity contribution >= 4 is 11.7 Å². The van der Waals surface area contributed by atoms with E-state index in [0.29, 0.717) is 30.8 Å². The van der Waals surface area contributed by atoms with Crippen molar-refractivity contribution in [2.24, 2.45) is 0 Å². The number of nitrogens with zero attached hydrogens (tertiary/aromatic N) is 1. The van der Waals surface area contributed by atoms with Gasteiger partial charge in [0.15, 0.2) is 0 Å². The van der Waals surface area contributed by atoms with E-state index >= 15 is 0 Å². The number of ether oxygens (including phenoxy) is 2. The highest BCUT2D eigenvalue weighted by Gasteiger charge is 2.24. The molecule has 0 N–H and O–H groups in total. The van der Waals surface area contributed by atoms with E-state index in [1.54, 1.807) is 17.0 Å². The number of amides is 1. The second-order valence-corrected chi connectivity index (χ2v) is 6.25. The van der Waals surface area contributed by atoms with Gasteiger partial charge in [-0.2, -0.15) is 0 Å². The van der Waals surface area contributed by atoms with Crippen LogP contribution in [0.4, 0.5) is 9.18 Å². The Bertz CT molecular complexity index is 590. The van der Waals surface area contributed by atoms with Gasteiger partial charge >= 0.3 is 6.09 Å². The Morgan fingerprint density at radius 2 is 2.05 bits per heavy atom. The fourth-order valence-electron chi connectivity index (χ4n) is 2.29. The lowest BCUT2D eigenvalue weighted by molar-refractivity contribution is 0.0270. The predicted molar refractivity (Wildman–Crippen MR) is 83.4 cm³/mol. The monoisotopic (exact) mass is 307 g/mol. The highest BCUT2D eigenvalue weighted by Crippen LogP contribution is 2.27. The van der Waals surface area contributed by atoms with Crippen LogP contribution in [0, 0.1) is 5.82 Å². The minimum absolute atomic E-state index is 0.309. The Hall–Kier alpha value is -2.04. The molecule has 1 aliphatic rings. The fraction of sp³-hybridized carbons (Fsp3) is 0.471. The van der Waals surface area contributed by atoms with Crippen molar-refractivity contribution in [2.75, 3.05) is 20.2 Å². The molecule has 0 aliphatic carbocycles. The van der Waals surface area contributed by atoms with E-state index in [4.69, 9.17) is 9.47 Å². The van der Waals surface area contributed by atoms with Gasteiger partial charge in [-0.1, -0.05) is 6.08 Å². The summed E-state index contributed by atoms with van der Waals surface area (Å²) in [5.41, 5.74) is 0.952. The fourth-order valence-corrected chi connectivity index (χ4v) is 2.29.